The van der Waals surface area contributed by atoms with E-state index in [1.54, 1.807) is 30.6 Å². The number of pyridine rings is 2. The Morgan fingerprint density at radius 2 is 1.97 bits per heavy atom. The van der Waals surface area contributed by atoms with Crippen LogP contribution in [0.3, 0.4) is 0 Å². The summed E-state index contributed by atoms with van der Waals surface area (Å²) in [7, 11) is 3.67. The maximum Gasteiger partial charge on any atom is 0.259 e. The number of rotatable bonds is 8. The van der Waals surface area contributed by atoms with Crippen LogP contribution in [0.4, 0.5) is 0 Å². The number of para-hydroxylation sites is 1. The zero-order valence-electron chi connectivity index (χ0n) is 21.3. The lowest BCUT2D eigenvalue weighted by molar-refractivity contribution is 0.0325. The minimum Gasteiger partial charge on any atom is -0.496 e. The second-order valence-electron chi connectivity index (χ2n) is 9.45. The summed E-state index contributed by atoms with van der Waals surface area (Å²) in [6.45, 7) is 5.66. The summed E-state index contributed by atoms with van der Waals surface area (Å²) in [5, 5.41) is 9.91. The van der Waals surface area contributed by atoms with E-state index in [-0.39, 0.29) is 30.6 Å². The van der Waals surface area contributed by atoms with E-state index in [0.29, 0.717) is 30.3 Å². The van der Waals surface area contributed by atoms with E-state index < -0.39 is 0 Å². The Hall–Kier alpha value is -3.49. The summed E-state index contributed by atoms with van der Waals surface area (Å²) in [4.78, 5) is 26.3. The predicted molar refractivity (Wildman–Crippen MR) is 138 cm³/mol. The molecule has 0 spiro atoms. The first-order valence-electron chi connectivity index (χ1n) is 12.2. The van der Waals surface area contributed by atoms with Gasteiger partial charge in [-0.25, -0.2) is 4.98 Å². The first-order chi connectivity index (χ1) is 17.4. The molecular weight excluding hydrogens is 456 g/mol. The SMILES string of the molecule is COc1ccccc1-c1cnc2c(c1)C(=O)N([C@@H](C)CO)C[C@H](C)[C@@H](CN(C)Cc1ccncc1)O2. The molecule has 0 radical (unpaired) electrons. The van der Waals surface area contributed by atoms with Crippen molar-refractivity contribution < 1.29 is 19.4 Å². The molecule has 1 aliphatic heterocycles. The fraction of sp³-hybridized carbons (Fsp3) is 0.393. The Labute approximate surface area is 212 Å². The van der Waals surface area contributed by atoms with Gasteiger partial charge in [-0.2, -0.15) is 0 Å². The van der Waals surface area contributed by atoms with Gasteiger partial charge in [0.15, 0.2) is 0 Å². The van der Waals surface area contributed by atoms with Crippen molar-refractivity contribution in [3.8, 4) is 22.8 Å². The molecule has 8 heteroatoms. The lowest BCUT2D eigenvalue weighted by Crippen LogP contribution is -2.49. The van der Waals surface area contributed by atoms with Crippen molar-refractivity contribution in [3.05, 3.63) is 72.2 Å². The van der Waals surface area contributed by atoms with E-state index in [1.165, 1.54) is 0 Å². The lowest BCUT2D eigenvalue weighted by Gasteiger charge is -2.37. The van der Waals surface area contributed by atoms with Crippen LogP contribution < -0.4 is 9.47 Å². The first-order valence-corrected chi connectivity index (χ1v) is 12.2. The number of carbonyl (C=O) groups excluding carboxylic acids is 1. The summed E-state index contributed by atoms with van der Waals surface area (Å²) in [6.07, 6.45) is 5.09. The van der Waals surface area contributed by atoms with Gasteiger partial charge in [0, 0.05) is 55.3 Å². The summed E-state index contributed by atoms with van der Waals surface area (Å²) >= 11 is 0. The van der Waals surface area contributed by atoms with Crippen LogP contribution in [-0.4, -0.2) is 76.8 Å². The Morgan fingerprint density at radius 1 is 1.22 bits per heavy atom. The number of aliphatic hydroxyl groups is 1. The maximum atomic E-state index is 13.7. The van der Waals surface area contributed by atoms with Gasteiger partial charge < -0.3 is 19.5 Å². The topological polar surface area (TPSA) is 88.0 Å². The molecule has 0 bridgehead atoms. The Morgan fingerprint density at radius 3 is 2.69 bits per heavy atom. The Balaban J connectivity index is 1.68. The van der Waals surface area contributed by atoms with Gasteiger partial charge in [0.05, 0.1) is 19.8 Å². The van der Waals surface area contributed by atoms with Gasteiger partial charge in [-0.05, 0) is 43.8 Å². The molecule has 3 atom stereocenters. The number of aromatic nitrogens is 2. The number of aliphatic hydroxyl groups excluding tert-OH is 1. The molecule has 190 valence electrons. The van der Waals surface area contributed by atoms with Gasteiger partial charge >= 0.3 is 0 Å². The summed E-state index contributed by atoms with van der Waals surface area (Å²) < 4.78 is 11.9. The van der Waals surface area contributed by atoms with E-state index in [9.17, 15) is 9.90 Å². The molecular formula is C28H34N4O4. The van der Waals surface area contributed by atoms with Crippen molar-refractivity contribution in [3.63, 3.8) is 0 Å². The number of hydrogen-bond donors (Lipinski definition) is 1. The van der Waals surface area contributed by atoms with Crippen LogP contribution in [0.5, 0.6) is 11.6 Å². The average molecular weight is 491 g/mol. The van der Waals surface area contributed by atoms with Gasteiger partial charge in [-0.3, -0.25) is 14.7 Å². The Kier molecular flexibility index (Phi) is 8.18. The van der Waals surface area contributed by atoms with Gasteiger partial charge in [-0.1, -0.05) is 25.1 Å². The number of nitrogens with zero attached hydrogens (tertiary/aromatic N) is 4. The van der Waals surface area contributed by atoms with E-state index in [2.05, 4.69) is 21.8 Å². The number of ether oxygens (including phenoxy) is 2. The molecule has 3 aromatic rings. The van der Waals surface area contributed by atoms with Crippen LogP contribution in [0.1, 0.15) is 29.8 Å². The van der Waals surface area contributed by atoms with Gasteiger partial charge in [-0.15, -0.1) is 0 Å². The number of amides is 1. The molecule has 0 saturated heterocycles. The highest BCUT2D eigenvalue weighted by Gasteiger charge is 2.34. The highest BCUT2D eigenvalue weighted by Crippen LogP contribution is 2.34. The molecule has 0 saturated carbocycles. The zero-order valence-corrected chi connectivity index (χ0v) is 21.3. The number of benzene rings is 1. The molecule has 0 aliphatic carbocycles. The van der Waals surface area contributed by atoms with E-state index in [4.69, 9.17) is 9.47 Å². The monoisotopic (exact) mass is 490 g/mol. The molecule has 4 rings (SSSR count). The van der Waals surface area contributed by atoms with Crippen LogP contribution in [0.15, 0.2) is 61.1 Å². The summed E-state index contributed by atoms with van der Waals surface area (Å²) in [5.41, 5.74) is 3.15. The average Bonchev–Trinajstić information content (AvgIpc) is 2.90. The fourth-order valence-corrected chi connectivity index (χ4v) is 4.52. The number of fused-ring (bicyclic) bond motifs is 1. The maximum absolute atomic E-state index is 13.7. The molecule has 3 heterocycles. The largest absolute Gasteiger partial charge is 0.496 e. The third-order valence-corrected chi connectivity index (χ3v) is 6.63. The second-order valence-corrected chi connectivity index (χ2v) is 9.45. The van der Waals surface area contributed by atoms with Crippen molar-refractivity contribution in [2.75, 3.05) is 33.9 Å². The highest BCUT2D eigenvalue weighted by molar-refractivity contribution is 5.98. The molecule has 8 nitrogen and oxygen atoms in total. The van der Waals surface area contributed by atoms with E-state index in [1.807, 2.05) is 56.4 Å². The van der Waals surface area contributed by atoms with Crippen molar-refractivity contribution >= 4 is 5.91 Å². The second kappa shape index (κ2) is 11.5. The van der Waals surface area contributed by atoms with Gasteiger partial charge in [0.25, 0.3) is 5.91 Å². The molecule has 1 amide bonds. The van der Waals surface area contributed by atoms with Gasteiger partial charge in [0.1, 0.15) is 17.4 Å². The number of likely N-dealkylation sites (N-methyl/N-ethyl adjacent to an activating group) is 1. The van der Waals surface area contributed by atoms with E-state index in [0.717, 1.165) is 23.2 Å². The van der Waals surface area contributed by atoms with Crippen LogP contribution in [0.25, 0.3) is 11.1 Å². The number of hydrogen-bond acceptors (Lipinski definition) is 7. The fourth-order valence-electron chi connectivity index (χ4n) is 4.52. The predicted octanol–water partition coefficient (Wildman–Crippen LogP) is 3.50. The standard InChI is InChI=1S/C28H34N4O4/c1-19-15-32(20(2)18-33)28(34)24-13-22(23-7-5-6-8-25(23)35-4)14-30-27(24)36-26(19)17-31(3)16-21-9-11-29-12-10-21/h5-14,19-20,26,33H,15-18H2,1-4H3/t19-,20-,26+/m0/s1. The normalized spacial score (nSPS) is 18.7. The molecule has 1 aliphatic rings. The lowest BCUT2D eigenvalue weighted by atomic mass is 9.99. The van der Waals surface area contributed by atoms with Crippen molar-refractivity contribution in [1.82, 2.24) is 19.8 Å². The third-order valence-electron chi connectivity index (χ3n) is 6.63. The van der Waals surface area contributed by atoms with Crippen molar-refractivity contribution in [2.24, 2.45) is 5.92 Å². The zero-order chi connectivity index (χ0) is 25.7. The molecule has 1 N–H and O–H groups in total. The van der Waals surface area contributed by atoms with Gasteiger partial charge in [0.2, 0.25) is 5.88 Å². The molecule has 2 aromatic heterocycles. The number of methoxy groups -OCH3 is 1. The first kappa shape index (κ1) is 25.6. The molecule has 0 fully saturated rings. The summed E-state index contributed by atoms with van der Waals surface area (Å²) in [5.74, 6) is 0.823. The summed E-state index contributed by atoms with van der Waals surface area (Å²) in [6, 6.07) is 13.1. The van der Waals surface area contributed by atoms with Crippen LogP contribution in [0.2, 0.25) is 0 Å². The quantitative estimate of drug-likeness (QED) is 0.517. The minimum atomic E-state index is -0.337. The van der Waals surface area contributed by atoms with Crippen LogP contribution in [0, 0.1) is 5.92 Å². The van der Waals surface area contributed by atoms with E-state index >= 15 is 0 Å². The highest BCUT2D eigenvalue weighted by atomic mass is 16.5. The Bertz CT molecular complexity index is 1170. The van der Waals surface area contributed by atoms with Crippen molar-refractivity contribution in [2.45, 2.75) is 32.5 Å². The molecule has 0 unspecified atom stereocenters. The third kappa shape index (κ3) is 5.66. The van der Waals surface area contributed by atoms with Crippen LogP contribution >= 0.6 is 0 Å². The molecule has 36 heavy (non-hydrogen) atoms. The minimum absolute atomic E-state index is 0.0201. The smallest absolute Gasteiger partial charge is 0.259 e. The number of carbonyl (C=O) groups is 1. The van der Waals surface area contributed by atoms with Crippen molar-refractivity contribution in [1.29, 1.82) is 0 Å². The van der Waals surface area contributed by atoms with Crippen LogP contribution in [-0.2, 0) is 6.54 Å². The molecule has 1 aromatic carbocycles.